The van der Waals surface area contributed by atoms with E-state index in [4.69, 9.17) is 15.7 Å². The maximum absolute atomic E-state index is 7.32. The molecule has 0 aliphatic heterocycles. The Morgan fingerprint density at radius 1 is 1.33 bits per heavy atom. The summed E-state index contributed by atoms with van der Waals surface area (Å²) >= 11 is 0. The van der Waals surface area contributed by atoms with Gasteiger partial charge in [-0.2, -0.15) is 5.26 Å². The first-order chi connectivity index (χ1) is 5.74. The van der Waals surface area contributed by atoms with E-state index >= 15 is 0 Å². The molecule has 1 aromatic rings. The molecule has 0 heterocycles. The van der Waals surface area contributed by atoms with Crippen molar-refractivity contribution < 1.29 is 4.74 Å². The van der Waals surface area contributed by atoms with Crippen LogP contribution >= 0.6 is 0 Å². The van der Waals surface area contributed by atoms with Crippen molar-refractivity contribution in [1.29, 1.82) is 5.26 Å². The molecule has 0 aliphatic rings. The molecular formula is C9H12N2O. The molecule has 12 heavy (non-hydrogen) atoms. The van der Waals surface area contributed by atoms with Crippen molar-refractivity contribution in [3.8, 4) is 11.8 Å². The maximum Gasteiger partial charge on any atom is 0.119 e. The van der Waals surface area contributed by atoms with Crippen LogP contribution in [0.1, 0.15) is 6.92 Å². The predicted octanol–water partition coefficient (Wildman–Crippen LogP) is 1.81. The van der Waals surface area contributed by atoms with Gasteiger partial charge in [-0.05, 0) is 24.3 Å². The quantitative estimate of drug-likeness (QED) is 0.644. The number of benzene rings is 1. The normalized spacial score (nSPS) is 7.42. The average molecular weight is 164 g/mol. The predicted molar refractivity (Wildman–Crippen MR) is 48.7 cm³/mol. The zero-order chi connectivity index (χ0) is 9.40. The van der Waals surface area contributed by atoms with Gasteiger partial charge in [0.25, 0.3) is 0 Å². The van der Waals surface area contributed by atoms with Crippen LogP contribution in [0.3, 0.4) is 0 Å². The monoisotopic (exact) mass is 164 g/mol. The molecule has 2 N–H and O–H groups in total. The Labute approximate surface area is 72.4 Å². The van der Waals surface area contributed by atoms with Crippen LogP contribution in [0.4, 0.5) is 5.69 Å². The van der Waals surface area contributed by atoms with Crippen LogP contribution in [0.5, 0.6) is 5.75 Å². The molecule has 0 radical (unpaired) electrons. The SMILES string of the molecule is CC#N.COc1ccc(N)cc1. The van der Waals surface area contributed by atoms with E-state index in [2.05, 4.69) is 0 Å². The third kappa shape index (κ3) is 4.18. The van der Waals surface area contributed by atoms with E-state index in [1.807, 2.05) is 12.1 Å². The summed E-state index contributed by atoms with van der Waals surface area (Å²) in [6.07, 6.45) is 0. The van der Waals surface area contributed by atoms with Crippen LogP contribution in [-0.2, 0) is 0 Å². The lowest BCUT2D eigenvalue weighted by molar-refractivity contribution is 0.415. The number of hydrogen-bond donors (Lipinski definition) is 1. The Balaban J connectivity index is 0.000000354. The number of nitriles is 1. The molecule has 1 rings (SSSR count). The first kappa shape index (κ1) is 10.3. The molecular weight excluding hydrogens is 152 g/mol. The number of hydrogen-bond acceptors (Lipinski definition) is 3. The van der Waals surface area contributed by atoms with E-state index in [9.17, 15) is 0 Å². The Bertz CT molecular complexity index is 248. The molecule has 0 atom stereocenters. The molecule has 3 heteroatoms. The van der Waals surface area contributed by atoms with Gasteiger partial charge in [0.05, 0.1) is 13.2 Å². The van der Waals surface area contributed by atoms with Crippen LogP contribution < -0.4 is 10.5 Å². The topological polar surface area (TPSA) is 59.0 Å². The van der Waals surface area contributed by atoms with Crippen molar-refractivity contribution in [3.63, 3.8) is 0 Å². The summed E-state index contributed by atoms with van der Waals surface area (Å²) < 4.78 is 4.91. The first-order valence-electron chi connectivity index (χ1n) is 3.45. The van der Waals surface area contributed by atoms with Crippen molar-refractivity contribution in [2.24, 2.45) is 0 Å². The zero-order valence-corrected chi connectivity index (χ0v) is 7.24. The van der Waals surface area contributed by atoms with Crippen molar-refractivity contribution in [2.45, 2.75) is 6.92 Å². The maximum atomic E-state index is 7.32. The molecule has 0 saturated carbocycles. The van der Waals surface area contributed by atoms with E-state index in [1.54, 1.807) is 25.3 Å². The van der Waals surface area contributed by atoms with Gasteiger partial charge in [0.1, 0.15) is 5.75 Å². The molecule has 0 spiro atoms. The molecule has 0 saturated heterocycles. The van der Waals surface area contributed by atoms with Gasteiger partial charge in [-0.1, -0.05) is 0 Å². The summed E-state index contributed by atoms with van der Waals surface area (Å²) in [5.41, 5.74) is 6.19. The minimum absolute atomic E-state index is 0.760. The van der Waals surface area contributed by atoms with Gasteiger partial charge in [-0.25, -0.2) is 0 Å². The lowest BCUT2D eigenvalue weighted by Gasteiger charge is -1.97. The minimum Gasteiger partial charge on any atom is -0.497 e. The molecule has 64 valence electrons. The van der Waals surface area contributed by atoms with Crippen molar-refractivity contribution in [1.82, 2.24) is 0 Å². The largest absolute Gasteiger partial charge is 0.497 e. The van der Waals surface area contributed by atoms with Gasteiger partial charge in [0.15, 0.2) is 0 Å². The van der Waals surface area contributed by atoms with Gasteiger partial charge >= 0.3 is 0 Å². The Kier molecular flexibility index (Phi) is 5.20. The molecule has 0 aromatic heterocycles. The fourth-order valence-corrected chi connectivity index (χ4v) is 0.604. The third-order valence-corrected chi connectivity index (χ3v) is 1.12. The van der Waals surface area contributed by atoms with Crippen LogP contribution in [0.2, 0.25) is 0 Å². The number of nitrogens with zero attached hydrogens (tertiary/aromatic N) is 1. The smallest absolute Gasteiger partial charge is 0.119 e. The van der Waals surface area contributed by atoms with E-state index < -0.39 is 0 Å². The molecule has 0 unspecified atom stereocenters. The Morgan fingerprint density at radius 3 is 2.08 bits per heavy atom. The van der Waals surface area contributed by atoms with Gasteiger partial charge in [0, 0.05) is 12.6 Å². The van der Waals surface area contributed by atoms with E-state index in [-0.39, 0.29) is 0 Å². The minimum atomic E-state index is 0.760. The van der Waals surface area contributed by atoms with Crippen LogP contribution in [0.25, 0.3) is 0 Å². The summed E-state index contributed by atoms with van der Waals surface area (Å²) in [6, 6.07) is 9.02. The highest BCUT2D eigenvalue weighted by Gasteiger charge is 1.86. The lowest BCUT2D eigenvalue weighted by atomic mass is 10.3. The summed E-state index contributed by atoms with van der Waals surface area (Å²) in [5, 5.41) is 7.32. The van der Waals surface area contributed by atoms with Gasteiger partial charge in [0.2, 0.25) is 0 Å². The third-order valence-electron chi connectivity index (χ3n) is 1.12. The highest BCUT2D eigenvalue weighted by Crippen LogP contribution is 2.11. The van der Waals surface area contributed by atoms with Gasteiger partial charge < -0.3 is 10.5 Å². The van der Waals surface area contributed by atoms with E-state index in [0.29, 0.717) is 0 Å². The second-order valence-corrected chi connectivity index (χ2v) is 2.00. The number of nitrogens with two attached hydrogens (primary N) is 1. The fraction of sp³-hybridized carbons (Fsp3) is 0.222. The van der Waals surface area contributed by atoms with E-state index in [1.165, 1.54) is 6.92 Å². The molecule has 0 fully saturated rings. The second-order valence-electron chi connectivity index (χ2n) is 2.00. The van der Waals surface area contributed by atoms with E-state index in [0.717, 1.165) is 11.4 Å². The van der Waals surface area contributed by atoms with Crippen molar-refractivity contribution in [3.05, 3.63) is 24.3 Å². The highest BCUT2D eigenvalue weighted by molar-refractivity contribution is 5.41. The standard InChI is InChI=1S/C7H9NO.C2H3N/c1-9-7-4-2-6(8)3-5-7;1-2-3/h2-5H,8H2,1H3;1H3. The molecule has 1 aromatic carbocycles. The Hall–Kier alpha value is -1.69. The van der Waals surface area contributed by atoms with Crippen LogP contribution in [0.15, 0.2) is 24.3 Å². The average Bonchev–Trinajstić information content (AvgIpc) is 2.07. The molecule has 0 bridgehead atoms. The molecule has 0 aliphatic carbocycles. The number of ether oxygens (including phenoxy) is 1. The summed E-state index contributed by atoms with van der Waals surface area (Å²) in [4.78, 5) is 0. The summed E-state index contributed by atoms with van der Waals surface area (Å²) in [5.74, 6) is 0.837. The van der Waals surface area contributed by atoms with Crippen LogP contribution in [0, 0.1) is 11.3 Å². The number of nitrogen functional groups attached to an aromatic ring is 1. The van der Waals surface area contributed by atoms with Crippen molar-refractivity contribution in [2.75, 3.05) is 12.8 Å². The lowest BCUT2D eigenvalue weighted by Crippen LogP contribution is -1.84. The molecule has 0 amide bonds. The first-order valence-corrected chi connectivity index (χ1v) is 3.45. The summed E-state index contributed by atoms with van der Waals surface area (Å²) in [7, 11) is 1.63. The van der Waals surface area contributed by atoms with Gasteiger partial charge in [-0.15, -0.1) is 0 Å². The second kappa shape index (κ2) is 6.05. The van der Waals surface area contributed by atoms with Crippen LogP contribution in [-0.4, -0.2) is 7.11 Å². The summed E-state index contributed by atoms with van der Waals surface area (Å²) in [6.45, 7) is 1.43. The molecule has 3 nitrogen and oxygen atoms in total. The highest BCUT2D eigenvalue weighted by atomic mass is 16.5. The number of anilines is 1. The van der Waals surface area contributed by atoms with Gasteiger partial charge in [-0.3, -0.25) is 0 Å². The number of methoxy groups -OCH3 is 1. The zero-order valence-electron chi connectivity index (χ0n) is 7.24. The fourth-order valence-electron chi connectivity index (χ4n) is 0.604. The number of rotatable bonds is 1. The Morgan fingerprint density at radius 2 is 1.75 bits per heavy atom. The van der Waals surface area contributed by atoms with Crippen molar-refractivity contribution >= 4 is 5.69 Å².